The van der Waals surface area contributed by atoms with Gasteiger partial charge in [-0.15, -0.1) is 0 Å². The van der Waals surface area contributed by atoms with E-state index in [1.165, 1.54) is 18.1 Å². The Morgan fingerprint density at radius 3 is 2.47 bits per heavy atom. The second-order valence-electron chi connectivity index (χ2n) is 8.40. The highest BCUT2D eigenvalue weighted by Gasteiger charge is 2.16. The van der Waals surface area contributed by atoms with Gasteiger partial charge in [0.1, 0.15) is 11.4 Å². The molecule has 3 aromatic rings. The molecule has 11 nitrogen and oxygen atoms in total. The molecule has 0 unspecified atom stereocenters. The van der Waals surface area contributed by atoms with E-state index in [-0.39, 0.29) is 23.9 Å². The lowest BCUT2D eigenvalue weighted by Gasteiger charge is -2.15. The maximum atomic E-state index is 13.1. The van der Waals surface area contributed by atoms with Crippen LogP contribution < -0.4 is 21.3 Å². The number of pyridine rings is 1. The number of hydrogen-bond donors (Lipinski definition) is 4. The van der Waals surface area contributed by atoms with Gasteiger partial charge in [-0.3, -0.25) is 19.4 Å². The second kappa shape index (κ2) is 14.1. The van der Waals surface area contributed by atoms with Crippen molar-refractivity contribution >= 4 is 40.9 Å². The van der Waals surface area contributed by atoms with E-state index in [9.17, 15) is 14.4 Å². The van der Waals surface area contributed by atoms with Crippen LogP contribution in [0.15, 0.2) is 67.6 Å². The molecule has 0 atom stereocenters. The average molecular weight is 517 g/mol. The number of carbonyl (C=O) groups excluding carboxylic acids is 3. The van der Waals surface area contributed by atoms with Crippen molar-refractivity contribution in [1.82, 2.24) is 19.9 Å². The molecule has 2 heterocycles. The summed E-state index contributed by atoms with van der Waals surface area (Å²) in [6.45, 7) is 6.56. The van der Waals surface area contributed by atoms with E-state index in [4.69, 9.17) is 0 Å². The number of likely N-dealkylation sites (N-methyl/N-ethyl adjacent to an activating group) is 1. The van der Waals surface area contributed by atoms with Gasteiger partial charge < -0.3 is 26.2 Å². The van der Waals surface area contributed by atoms with Gasteiger partial charge in [0.2, 0.25) is 17.8 Å². The first-order valence-corrected chi connectivity index (χ1v) is 12.2. The van der Waals surface area contributed by atoms with E-state index in [1.807, 2.05) is 19.1 Å². The van der Waals surface area contributed by atoms with E-state index in [0.29, 0.717) is 36.2 Å². The fraction of sp³-hybridized carbons (Fsp3) is 0.259. The molecule has 11 heteroatoms. The van der Waals surface area contributed by atoms with Crippen molar-refractivity contribution in [1.29, 1.82) is 0 Å². The summed E-state index contributed by atoms with van der Waals surface area (Å²) in [6, 6.07) is 10.6. The molecule has 0 saturated carbocycles. The Hall–Kier alpha value is -4.80. The van der Waals surface area contributed by atoms with Crippen LogP contribution in [0.5, 0.6) is 0 Å². The SMILES string of the molecule is C=CC(=O)N(C)CC(=O)Nc1cccc(NC(=O)c2cnc(NCCc3ccncc3)nc2NCCC)c1. The van der Waals surface area contributed by atoms with Crippen molar-refractivity contribution < 1.29 is 14.4 Å². The molecule has 1 aromatic carbocycles. The second-order valence-corrected chi connectivity index (χ2v) is 8.40. The Balaban J connectivity index is 1.65. The van der Waals surface area contributed by atoms with Gasteiger partial charge in [-0.1, -0.05) is 19.6 Å². The molecule has 198 valence electrons. The number of amides is 3. The van der Waals surface area contributed by atoms with Crippen LogP contribution in [0.4, 0.5) is 23.1 Å². The lowest BCUT2D eigenvalue weighted by Crippen LogP contribution is -2.33. The molecule has 4 N–H and O–H groups in total. The maximum absolute atomic E-state index is 13.1. The van der Waals surface area contributed by atoms with E-state index in [1.54, 1.807) is 36.7 Å². The van der Waals surface area contributed by atoms with Gasteiger partial charge in [0, 0.05) is 50.1 Å². The number of rotatable bonds is 13. The molecule has 0 aliphatic rings. The Labute approximate surface area is 221 Å². The summed E-state index contributed by atoms with van der Waals surface area (Å²) < 4.78 is 0. The first kappa shape index (κ1) is 27.8. The standard InChI is InChI=1S/C27H32N8O3/c1-4-12-29-25-22(17-31-27(34-25)30-15-11-19-9-13-28-14-10-19)26(38)33-21-8-6-7-20(16-21)32-23(36)18-35(3)24(37)5-2/h5-10,13-14,16-17H,2,4,11-12,15,18H2,1,3H3,(H,32,36)(H,33,38)(H2,29,30,31,34). The van der Waals surface area contributed by atoms with E-state index >= 15 is 0 Å². The van der Waals surface area contributed by atoms with Crippen LogP contribution in [0.2, 0.25) is 0 Å². The topological polar surface area (TPSA) is 141 Å². The smallest absolute Gasteiger partial charge is 0.260 e. The number of hydrogen-bond acceptors (Lipinski definition) is 8. The zero-order chi connectivity index (χ0) is 27.3. The quantitative estimate of drug-likeness (QED) is 0.254. The molecule has 2 aromatic heterocycles. The van der Waals surface area contributed by atoms with Gasteiger partial charge in [0.15, 0.2) is 0 Å². The minimum atomic E-state index is -0.397. The van der Waals surface area contributed by atoms with Gasteiger partial charge in [-0.25, -0.2) is 4.98 Å². The monoisotopic (exact) mass is 516 g/mol. The maximum Gasteiger partial charge on any atom is 0.260 e. The molecule has 0 spiro atoms. The van der Waals surface area contributed by atoms with Crippen LogP contribution in [0.25, 0.3) is 0 Å². The largest absolute Gasteiger partial charge is 0.369 e. The summed E-state index contributed by atoms with van der Waals surface area (Å²) in [4.78, 5) is 51.0. The van der Waals surface area contributed by atoms with Crippen molar-refractivity contribution in [3.8, 4) is 0 Å². The normalized spacial score (nSPS) is 10.3. The Morgan fingerprint density at radius 2 is 1.76 bits per heavy atom. The highest BCUT2D eigenvalue weighted by atomic mass is 16.2. The van der Waals surface area contributed by atoms with Crippen LogP contribution in [0.3, 0.4) is 0 Å². The van der Waals surface area contributed by atoms with Crippen molar-refractivity contribution in [2.24, 2.45) is 0 Å². The van der Waals surface area contributed by atoms with Crippen LogP contribution >= 0.6 is 0 Å². The molecular formula is C27H32N8O3. The van der Waals surface area contributed by atoms with Crippen LogP contribution in [-0.4, -0.2) is 64.3 Å². The number of carbonyl (C=O) groups is 3. The molecule has 0 bridgehead atoms. The van der Waals surface area contributed by atoms with Crippen LogP contribution in [0, 0.1) is 0 Å². The zero-order valence-corrected chi connectivity index (χ0v) is 21.5. The minimum absolute atomic E-state index is 0.131. The highest BCUT2D eigenvalue weighted by molar-refractivity contribution is 6.07. The van der Waals surface area contributed by atoms with E-state index in [0.717, 1.165) is 24.5 Å². The Kier molecular flexibility index (Phi) is 10.3. The highest BCUT2D eigenvalue weighted by Crippen LogP contribution is 2.19. The number of nitrogens with one attached hydrogen (secondary N) is 4. The summed E-state index contributed by atoms with van der Waals surface area (Å²) in [5, 5.41) is 11.9. The predicted octanol–water partition coefficient (Wildman–Crippen LogP) is 3.18. The van der Waals surface area contributed by atoms with Crippen molar-refractivity contribution in [2.45, 2.75) is 19.8 Å². The summed E-state index contributed by atoms with van der Waals surface area (Å²) in [5.74, 6) is -0.292. The van der Waals surface area contributed by atoms with Gasteiger partial charge in [-0.05, 0) is 54.8 Å². The summed E-state index contributed by atoms with van der Waals surface area (Å²) in [5.41, 5.74) is 2.38. The molecule has 3 amide bonds. The molecular weight excluding hydrogens is 484 g/mol. The number of benzene rings is 1. The number of aromatic nitrogens is 3. The van der Waals surface area contributed by atoms with Gasteiger partial charge >= 0.3 is 0 Å². The van der Waals surface area contributed by atoms with Gasteiger partial charge in [0.05, 0.1) is 6.54 Å². The molecule has 0 fully saturated rings. The fourth-order valence-corrected chi connectivity index (χ4v) is 3.40. The van der Waals surface area contributed by atoms with Crippen LogP contribution in [0.1, 0.15) is 29.3 Å². The predicted molar refractivity (Wildman–Crippen MR) is 148 cm³/mol. The lowest BCUT2D eigenvalue weighted by molar-refractivity contribution is -0.129. The first-order chi connectivity index (χ1) is 18.4. The first-order valence-electron chi connectivity index (χ1n) is 12.2. The summed E-state index contributed by atoms with van der Waals surface area (Å²) in [7, 11) is 1.51. The van der Waals surface area contributed by atoms with E-state index < -0.39 is 5.91 Å². The van der Waals surface area contributed by atoms with Gasteiger partial charge in [0.25, 0.3) is 5.91 Å². The molecule has 38 heavy (non-hydrogen) atoms. The third-order valence-electron chi connectivity index (χ3n) is 5.36. The Bertz CT molecular complexity index is 1270. The van der Waals surface area contributed by atoms with Crippen LogP contribution in [-0.2, 0) is 16.0 Å². The molecule has 0 radical (unpaired) electrons. The lowest BCUT2D eigenvalue weighted by atomic mass is 10.2. The molecule has 0 aliphatic carbocycles. The van der Waals surface area contributed by atoms with Crippen molar-refractivity contribution in [3.05, 3.63) is 78.8 Å². The van der Waals surface area contributed by atoms with Crippen molar-refractivity contribution in [2.75, 3.05) is 47.9 Å². The third kappa shape index (κ3) is 8.40. The molecule has 0 saturated heterocycles. The number of nitrogens with zero attached hydrogens (tertiary/aromatic N) is 4. The zero-order valence-electron chi connectivity index (χ0n) is 21.5. The summed E-state index contributed by atoms with van der Waals surface area (Å²) >= 11 is 0. The molecule has 3 rings (SSSR count). The molecule has 0 aliphatic heterocycles. The average Bonchev–Trinajstić information content (AvgIpc) is 2.92. The Morgan fingerprint density at radius 1 is 1.03 bits per heavy atom. The fourth-order valence-electron chi connectivity index (χ4n) is 3.40. The minimum Gasteiger partial charge on any atom is -0.369 e. The summed E-state index contributed by atoms with van der Waals surface area (Å²) in [6.07, 6.45) is 7.75. The van der Waals surface area contributed by atoms with Gasteiger partial charge in [-0.2, -0.15) is 4.98 Å². The number of anilines is 4. The van der Waals surface area contributed by atoms with E-state index in [2.05, 4.69) is 42.8 Å². The van der Waals surface area contributed by atoms with Crippen molar-refractivity contribution in [3.63, 3.8) is 0 Å². The third-order valence-corrected chi connectivity index (χ3v) is 5.36.